The molecule has 1 aliphatic heterocycles. The number of carboxylic acid groups (broad SMARTS) is 1. The van der Waals surface area contributed by atoms with Crippen LogP contribution in [0.1, 0.15) is 25.3 Å². The molecule has 1 heterocycles. The van der Waals surface area contributed by atoms with Crippen molar-refractivity contribution in [1.82, 2.24) is 0 Å². The van der Waals surface area contributed by atoms with E-state index in [1.807, 2.05) is 13.8 Å². The van der Waals surface area contributed by atoms with Gasteiger partial charge in [-0.3, -0.25) is 0 Å². The van der Waals surface area contributed by atoms with E-state index >= 15 is 0 Å². The summed E-state index contributed by atoms with van der Waals surface area (Å²) in [6.45, 7) is 4.01. The maximum absolute atomic E-state index is 11.1. The monoisotopic (exact) mass is 221 g/mol. The molecule has 0 saturated heterocycles. The van der Waals surface area contributed by atoms with Gasteiger partial charge in [-0.2, -0.15) is 0 Å². The van der Waals surface area contributed by atoms with Crippen LogP contribution in [0.4, 0.5) is 5.69 Å². The zero-order valence-electron chi connectivity index (χ0n) is 9.27. The third-order valence-corrected chi connectivity index (χ3v) is 3.05. The van der Waals surface area contributed by atoms with Crippen molar-refractivity contribution < 1.29 is 15.0 Å². The zero-order chi connectivity index (χ0) is 11.9. The van der Waals surface area contributed by atoms with E-state index in [1.165, 1.54) is 0 Å². The quantitative estimate of drug-likeness (QED) is 0.714. The van der Waals surface area contributed by atoms with E-state index in [4.69, 9.17) is 5.11 Å². The van der Waals surface area contributed by atoms with Gasteiger partial charge in [0.15, 0.2) is 0 Å². The molecule has 16 heavy (non-hydrogen) atoms. The average molecular weight is 221 g/mol. The summed E-state index contributed by atoms with van der Waals surface area (Å²) in [5, 5.41) is 21.5. The van der Waals surface area contributed by atoms with Crippen molar-refractivity contribution in [3.8, 4) is 5.75 Å². The Morgan fingerprint density at radius 1 is 1.44 bits per heavy atom. The van der Waals surface area contributed by atoms with Gasteiger partial charge in [0, 0.05) is 17.7 Å². The molecule has 1 aromatic carbocycles. The number of aromatic hydroxyl groups is 1. The molecule has 1 aromatic rings. The van der Waals surface area contributed by atoms with Gasteiger partial charge in [0.2, 0.25) is 0 Å². The Kier molecular flexibility index (Phi) is 2.50. The SMILES string of the molecule is CC(C)C1c2ccc(O)cc2NC1C(=O)O. The molecule has 86 valence electrons. The van der Waals surface area contributed by atoms with Crippen molar-refractivity contribution in [3.05, 3.63) is 23.8 Å². The molecule has 2 unspecified atom stereocenters. The lowest BCUT2D eigenvalue weighted by atomic mass is 9.85. The first kappa shape index (κ1) is 10.8. The van der Waals surface area contributed by atoms with Crippen molar-refractivity contribution in [2.75, 3.05) is 5.32 Å². The van der Waals surface area contributed by atoms with Gasteiger partial charge in [-0.05, 0) is 17.5 Å². The van der Waals surface area contributed by atoms with Crippen LogP contribution in [-0.2, 0) is 4.79 Å². The second-order valence-electron chi connectivity index (χ2n) is 4.50. The lowest BCUT2D eigenvalue weighted by Crippen LogP contribution is -2.32. The van der Waals surface area contributed by atoms with Gasteiger partial charge in [-0.25, -0.2) is 4.79 Å². The molecule has 2 rings (SSSR count). The Hall–Kier alpha value is -1.71. The van der Waals surface area contributed by atoms with Crippen molar-refractivity contribution in [1.29, 1.82) is 0 Å². The van der Waals surface area contributed by atoms with Crippen LogP contribution in [-0.4, -0.2) is 22.2 Å². The molecule has 0 saturated carbocycles. The number of phenolic OH excluding ortho intramolecular Hbond substituents is 1. The largest absolute Gasteiger partial charge is 0.508 e. The molecule has 0 aliphatic carbocycles. The first-order chi connectivity index (χ1) is 7.50. The summed E-state index contributed by atoms with van der Waals surface area (Å²) in [7, 11) is 0. The smallest absolute Gasteiger partial charge is 0.326 e. The molecule has 0 bridgehead atoms. The number of aliphatic carboxylic acids is 1. The molecular formula is C12H15NO3. The van der Waals surface area contributed by atoms with Gasteiger partial charge in [0.05, 0.1) is 0 Å². The number of benzene rings is 1. The predicted molar refractivity (Wildman–Crippen MR) is 60.7 cm³/mol. The van der Waals surface area contributed by atoms with Gasteiger partial charge in [0.1, 0.15) is 11.8 Å². The lowest BCUT2D eigenvalue weighted by molar-refractivity contribution is -0.138. The highest BCUT2D eigenvalue weighted by atomic mass is 16.4. The molecular weight excluding hydrogens is 206 g/mol. The Morgan fingerprint density at radius 2 is 2.12 bits per heavy atom. The highest BCUT2D eigenvalue weighted by molar-refractivity contribution is 5.83. The van der Waals surface area contributed by atoms with E-state index in [1.54, 1.807) is 18.2 Å². The number of anilines is 1. The first-order valence-electron chi connectivity index (χ1n) is 5.33. The highest BCUT2D eigenvalue weighted by Crippen LogP contribution is 2.41. The van der Waals surface area contributed by atoms with Crippen molar-refractivity contribution in [2.24, 2.45) is 5.92 Å². The summed E-state index contributed by atoms with van der Waals surface area (Å²) in [6.07, 6.45) is 0. The topological polar surface area (TPSA) is 69.6 Å². The molecule has 1 aliphatic rings. The van der Waals surface area contributed by atoms with Crippen LogP contribution in [0.15, 0.2) is 18.2 Å². The molecule has 0 spiro atoms. The number of hydrogen-bond acceptors (Lipinski definition) is 3. The summed E-state index contributed by atoms with van der Waals surface area (Å²) in [4.78, 5) is 11.1. The summed E-state index contributed by atoms with van der Waals surface area (Å²) in [5.41, 5.74) is 1.70. The van der Waals surface area contributed by atoms with E-state index in [0.29, 0.717) is 0 Å². The van der Waals surface area contributed by atoms with Gasteiger partial charge in [0.25, 0.3) is 0 Å². The maximum Gasteiger partial charge on any atom is 0.326 e. The highest BCUT2D eigenvalue weighted by Gasteiger charge is 2.38. The van der Waals surface area contributed by atoms with Crippen molar-refractivity contribution in [3.63, 3.8) is 0 Å². The van der Waals surface area contributed by atoms with E-state index in [2.05, 4.69) is 5.32 Å². The minimum atomic E-state index is -0.852. The first-order valence-corrected chi connectivity index (χ1v) is 5.33. The van der Waals surface area contributed by atoms with Crippen LogP contribution in [0.3, 0.4) is 0 Å². The Balaban J connectivity index is 2.45. The number of carbonyl (C=O) groups is 1. The van der Waals surface area contributed by atoms with Crippen LogP contribution in [0.25, 0.3) is 0 Å². The minimum absolute atomic E-state index is 0.0481. The third kappa shape index (κ3) is 1.60. The molecule has 0 radical (unpaired) electrons. The number of hydrogen-bond donors (Lipinski definition) is 3. The number of phenols is 1. The number of fused-ring (bicyclic) bond motifs is 1. The van der Waals surface area contributed by atoms with Gasteiger partial charge >= 0.3 is 5.97 Å². The van der Waals surface area contributed by atoms with Gasteiger partial charge in [-0.1, -0.05) is 19.9 Å². The van der Waals surface area contributed by atoms with Gasteiger partial charge < -0.3 is 15.5 Å². The number of rotatable bonds is 2. The second kappa shape index (κ2) is 3.70. The van der Waals surface area contributed by atoms with Crippen LogP contribution >= 0.6 is 0 Å². The van der Waals surface area contributed by atoms with Crippen molar-refractivity contribution in [2.45, 2.75) is 25.8 Å². The van der Waals surface area contributed by atoms with Crippen LogP contribution in [0, 0.1) is 5.92 Å². The van der Waals surface area contributed by atoms with E-state index < -0.39 is 12.0 Å². The fourth-order valence-electron chi connectivity index (χ4n) is 2.36. The van der Waals surface area contributed by atoms with E-state index in [-0.39, 0.29) is 17.6 Å². The Morgan fingerprint density at radius 3 is 2.69 bits per heavy atom. The normalized spacial score (nSPS) is 22.9. The second-order valence-corrected chi connectivity index (χ2v) is 4.50. The standard InChI is InChI=1S/C12H15NO3/c1-6(2)10-8-4-3-7(14)5-9(8)13-11(10)12(15)16/h3-6,10-11,13-14H,1-2H3,(H,15,16). The Bertz CT molecular complexity index is 428. The molecule has 2 atom stereocenters. The van der Waals surface area contributed by atoms with E-state index in [9.17, 15) is 9.90 Å². The molecule has 0 amide bonds. The van der Waals surface area contributed by atoms with Crippen LogP contribution in [0.2, 0.25) is 0 Å². The lowest BCUT2D eigenvalue weighted by Gasteiger charge is -2.20. The van der Waals surface area contributed by atoms with Crippen LogP contribution in [0.5, 0.6) is 5.75 Å². The van der Waals surface area contributed by atoms with Crippen molar-refractivity contribution >= 4 is 11.7 Å². The fourth-order valence-corrected chi connectivity index (χ4v) is 2.36. The van der Waals surface area contributed by atoms with Gasteiger partial charge in [-0.15, -0.1) is 0 Å². The third-order valence-electron chi connectivity index (χ3n) is 3.05. The minimum Gasteiger partial charge on any atom is -0.508 e. The molecule has 0 aromatic heterocycles. The summed E-state index contributed by atoms with van der Waals surface area (Å²) < 4.78 is 0. The molecule has 4 nitrogen and oxygen atoms in total. The van der Waals surface area contributed by atoms with E-state index in [0.717, 1.165) is 11.3 Å². The predicted octanol–water partition coefficient (Wildman–Crippen LogP) is 2.01. The summed E-state index contributed by atoms with van der Waals surface area (Å²) >= 11 is 0. The zero-order valence-corrected chi connectivity index (χ0v) is 9.27. The molecule has 3 N–H and O–H groups in total. The average Bonchev–Trinajstić information content (AvgIpc) is 2.55. The maximum atomic E-state index is 11.1. The van der Waals surface area contributed by atoms with Crippen LogP contribution < -0.4 is 5.32 Å². The summed E-state index contributed by atoms with van der Waals surface area (Å²) in [6, 6.07) is 4.37. The number of carboxylic acids is 1. The Labute approximate surface area is 93.9 Å². The fraction of sp³-hybridized carbons (Fsp3) is 0.417. The molecule has 0 fully saturated rings. The number of nitrogens with one attached hydrogen (secondary N) is 1. The summed E-state index contributed by atoms with van der Waals surface area (Å²) in [5.74, 6) is -0.512. The molecule has 4 heteroatoms.